The molecule has 27 heavy (non-hydrogen) atoms. The maximum Gasteiger partial charge on any atom is 0.251 e. The molecule has 1 fully saturated rings. The minimum atomic E-state index is -1.01. The number of hydrogen-bond donors (Lipinski definition) is 3. The first kappa shape index (κ1) is 19.5. The molecule has 1 heterocycles. The monoisotopic (exact) mass is 375 g/mol. The molecule has 1 aliphatic heterocycles. The van der Waals surface area contributed by atoms with Gasteiger partial charge in [-0.2, -0.15) is 0 Å². The van der Waals surface area contributed by atoms with Crippen LogP contribution in [0.15, 0.2) is 42.5 Å². The fourth-order valence-corrected chi connectivity index (χ4v) is 3.58. The van der Waals surface area contributed by atoms with Gasteiger partial charge in [0.2, 0.25) is 0 Å². The molecule has 1 aliphatic rings. The lowest BCUT2D eigenvalue weighted by atomic mass is 10.0. The molecule has 1 amide bonds. The SMILES string of the molecule is Cc1ccc([C@@H](CNC(=O)c2ccc(F)c(F)c2)[NH+]2CC[NH+](C)CC2)cc1. The number of likely N-dealkylation sites (N-methyl/N-ethyl adjacent to an activating group) is 1. The van der Waals surface area contributed by atoms with Crippen molar-refractivity contribution >= 4 is 5.91 Å². The number of hydrogen-bond acceptors (Lipinski definition) is 1. The zero-order valence-corrected chi connectivity index (χ0v) is 15.8. The second-order valence-electron chi connectivity index (χ2n) is 7.42. The molecule has 2 aromatic rings. The van der Waals surface area contributed by atoms with E-state index in [1.807, 2.05) is 0 Å². The molecule has 144 valence electrons. The van der Waals surface area contributed by atoms with Crippen LogP contribution in [0, 0.1) is 18.6 Å². The zero-order chi connectivity index (χ0) is 19.4. The Morgan fingerprint density at radius 1 is 1.04 bits per heavy atom. The van der Waals surface area contributed by atoms with Crippen molar-refractivity contribution in [3.63, 3.8) is 0 Å². The lowest BCUT2D eigenvalue weighted by molar-refractivity contribution is -1.02. The van der Waals surface area contributed by atoms with Crippen LogP contribution in [0.4, 0.5) is 8.78 Å². The summed E-state index contributed by atoms with van der Waals surface area (Å²) in [7, 11) is 2.20. The Labute approximate surface area is 158 Å². The molecule has 4 nitrogen and oxygen atoms in total. The summed E-state index contributed by atoms with van der Waals surface area (Å²) in [5.41, 5.74) is 2.51. The Hall–Kier alpha value is -2.31. The Balaban J connectivity index is 1.73. The second-order valence-corrected chi connectivity index (χ2v) is 7.42. The molecule has 0 saturated carbocycles. The minimum absolute atomic E-state index is 0.132. The third-order valence-electron chi connectivity index (χ3n) is 5.37. The predicted molar refractivity (Wildman–Crippen MR) is 99.9 cm³/mol. The topological polar surface area (TPSA) is 38.0 Å². The van der Waals surface area contributed by atoms with Crippen LogP contribution in [0.5, 0.6) is 0 Å². The van der Waals surface area contributed by atoms with Crippen molar-refractivity contribution in [3.8, 4) is 0 Å². The van der Waals surface area contributed by atoms with Crippen LogP contribution < -0.4 is 15.1 Å². The number of benzene rings is 2. The lowest BCUT2D eigenvalue weighted by Crippen LogP contribution is -3.27. The van der Waals surface area contributed by atoms with Crippen molar-refractivity contribution in [2.75, 3.05) is 39.8 Å². The summed E-state index contributed by atoms with van der Waals surface area (Å²) in [6.45, 7) is 6.76. The highest BCUT2D eigenvalue weighted by Crippen LogP contribution is 2.12. The molecule has 0 unspecified atom stereocenters. The number of halogens is 2. The Morgan fingerprint density at radius 2 is 1.70 bits per heavy atom. The van der Waals surface area contributed by atoms with Gasteiger partial charge < -0.3 is 15.1 Å². The van der Waals surface area contributed by atoms with Gasteiger partial charge in [-0.3, -0.25) is 4.79 Å². The van der Waals surface area contributed by atoms with E-state index in [-0.39, 0.29) is 17.5 Å². The van der Waals surface area contributed by atoms with Crippen LogP contribution in [-0.4, -0.2) is 45.7 Å². The molecule has 6 heteroatoms. The molecule has 2 aromatic carbocycles. The van der Waals surface area contributed by atoms with Gasteiger partial charge in [0.1, 0.15) is 32.2 Å². The number of quaternary nitrogens is 2. The molecular weight excluding hydrogens is 348 g/mol. The molecule has 3 rings (SSSR count). The smallest absolute Gasteiger partial charge is 0.251 e. The molecular formula is C21H27F2N3O+2. The molecule has 3 N–H and O–H groups in total. The fraction of sp³-hybridized carbons (Fsp3) is 0.381. The molecule has 0 aromatic heterocycles. The minimum Gasteiger partial charge on any atom is -0.346 e. The summed E-state index contributed by atoms with van der Waals surface area (Å²) < 4.78 is 26.5. The van der Waals surface area contributed by atoms with E-state index in [4.69, 9.17) is 0 Å². The third kappa shape index (κ3) is 4.90. The molecule has 0 spiro atoms. The number of carbonyl (C=O) groups is 1. The average Bonchev–Trinajstić information content (AvgIpc) is 2.66. The van der Waals surface area contributed by atoms with Gasteiger partial charge in [-0.25, -0.2) is 8.78 Å². The number of carbonyl (C=O) groups excluding carboxylic acids is 1. The summed E-state index contributed by atoms with van der Waals surface area (Å²) in [5.74, 6) is -2.34. The summed E-state index contributed by atoms with van der Waals surface area (Å²) >= 11 is 0. The molecule has 0 bridgehead atoms. The van der Waals surface area contributed by atoms with E-state index in [9.17, 15) is 13.6 Å². The van der Waals surface area contributed by atoms with Crippen molar-refractivity contribution in [3.05, 3.63) is 70.8 Å². The van der Waals surface area contributed by atoms with Gasteiger partial charge in [0.05, 0.1) is 13.6 Å². The first-order chi connectivity index (χ1) is 12.9. The Bertz CT molecular complexity index is 787. The van der Waals surface area contributed by atoms with Crippen molar-refractivity contribution in [2.24, 2.45) is 0 Å². The third-order valence-corrected chi connectivity index (χ3v) is 5.37. The van der Waals surface area contributed by atoms with Gasteiger partial charge in [0, 0.05) is 11.1 Å². The van der Waals surface area contributed by atoms with E-state index in [1.165, 1.54) is 27.0 Å². The van der Waals surface area contributed by atoms with Crippen molar-refractivity contribution in [2.45, 2.75) is 13.0 Å². The maximum atomic E-state index is 13.4. The Morgan fingerprint density at radius 3 is 2.33 bits per heavy atom. The van der Waals surface area contributed by atoms with Crippen LogP contribution >= 0.6 is 0 Å². The molecule has 0 aliphatic carbocycles. The predicted octanol–water partition coefficient (Wildman–Crippen LogP) is 0.158. The van der Waals surface area contributed by atoms with E-state index in [0.717, 1.165) is 38.3 Å². The molecule has 0 radical (unpaired) electrons. The Kier molecular flexibility index (Phi) is 6.19. The summed E-state index contributed by atoms with van der Waals surface area (Å²) in [4.78, 5) is 15.4. The summed E-state index contributed by atoms with van der Waals surface area (Å²) in [5, 5.41) is 2.91. The van der Waals surface area contributed by atoms with Crippen LogP contribution in [0.2, 0.25) is 0 Å². The standard InChI is InChI=1S/C21H25F2N3O/c1-15-3-5-16(6-4-15)20(26-11-9-25(2)10-12-26)14-24-21(27)17-7-8-18(22)19(23)13-17/h3-8,13,20H,9-12,14H2,1-2H3,(H,24,27)/p+2/t20-/m1/s1. The zero-order valence-electron chi connectivity index (χ0n) is 15.8. The first-order valence-corrected chi connectivity index (χ1v) is 9.39. The van der Waals surface area contributed by atoms with Crippen LogP contribution in [-0.2, 0) is 0 Å². The number of rotatable bonds is 5. The van der Waals surface area contributed by atoms with Crippen molar-refractivity contribution in [1.82, 2.24) is 5.32 Å². The normalized spacial score (nSPS) is 20.9. The number of nitrogens with one attached hydrogen (secondary N) is 3. The van der Waals surface area contributed by atoms with Crippen molar-refractivity contribution < 1.29 is 23.4 Å². The van der Waals surface area contributed by atoms with Crippen LogP contribution in [0.3, 0.4) is 0 Å². The number of piperazine rings is 1. The van der Waals surface area contributed by atoms with Crippen molar-refractivity contribution in [1.29, 1.82) is 0 Å². The number of amides is 1. The molecule has 1 atom stereocenters. The van der Waals surface area contributed by atoms with Gasteiger partial charge in [-0.15, -0.1) is 0 Å². The first-order valence-electron chi connectivity index (χ1n) is 9.39. The van der Waals surface area contributed by atoms with Gasteiger partial charge in [-0.05, 0) is 25.1 Å². The van der Waals surface area contributed by atoms with E-state index in [1.54, 1.807) is 0 Å². The number of aryl methyl sites for hydroxylation is 1. The maximum absolute atomic E-state index is 13.4. The highest BCUT2D eigenvalue weighted by atomic mass is 19.2. The van der Waals surface area contributed by atoms with E-state index >= 15 is 0 Å². The highest BCUT2D eigenvalue weighted by Gasteiger charge is 2.29. The molecule has 1 saturated heterocycles. The van der Waals surface area contributed by atoms with E-state index in [2.05, 4.69) is 43.6 Å². The average molecular weight is 375 g/mol. The highest BCUT2D eigenvalue weighted by molar-refractivity contribution is 5.94. The van der Waals surface area contributed by atoms with E-state index < -0.39 is 11.6 Å². The summed E-state index contributed by atoms with van der Waals surface area (Å²) in [6.07, 6.45) is 0. The van der Waals surface area contributed by atoms with Gasteiger partial charge in [0.25, 0.3) is 5.91 Å². The van der Waals surface area contributed by atoms with Crippen LogP contribution in [0.1, 0.15) is 27.5 Å². The lowest BCUT2D eigenvalue weighted by Gasteiger charge is -2.33. The van der Waals surface area contributed by atoms with Gasteiger partial charge in [-0.1, -0.05) is 29.8 Å². The van der Waals surface area contributed by atoms with Gasteiger partial charge in [0.15, 0.2) is 11.6 Å². The van der Waals surface area contributed by atoms with Crippen LogP contribution in [0.25, 0.3) is 0 Å². The van der Waals surface area contributed by atoms with E-state index in [0.29, 0.717) is 6.54 Å². The fourth-order valence-electron chi connectivity index (χ4n) is 3.58. The second kappa shape index (κ2) is 8.59. The summed E-state index contributed by atoms with van der Waals surface area (Å²) in [6, 6.07) is 11.8. The van der Waals surface area contributed by atoms with Gasteiger partial charge >= 0.3 is 0 Å². The quantitative estimate of drug-likeness (QED) is 0.684. The largest absolute Gasteiger partial charge is 0.346 e.